The molecule has 4 bridgehead atoms. The van der Waals surface area contributed by atoms with Crippen molar-refractivity contribution in [1.29, 1.82) is 5.26 Å². The molecule has 3 amide bonds. The van der Waals surface area contributed by atoms with E-state index < -0.39 is 54.8 Å². The number of alkyl carbamates (subject to hydrolysis) is 1. The van der Waals surface area contributed by atoms with Crippen molar-refractivity contribution in [2.45, 2.75) is 157 Å². The predicted molar refractivity (Wildman–Crippen MR) is 243 cm³/mol. The number of aliphatic hydroxyl groups is 5. The summed E-state index contributed by atoms with van der Waals surface area (Å²) in [6.07, 6.45) is 5.04. The number of unbranched alkanes of at least 4 members (excludes halogenated alkanes) is 3. The Labute approximate surface area is 384 Å². The zero-order valence-corrected chi connectivity index (χ0v) is 39.3. The molecule has 360 valence electrons. The summed E-state index contributed by atoms with van der Waals surface area (Å²) in [6, 6.07) is 9.36. The van der Waals surface area contributed by atoms with Gasteiger partial charge in [0.05, 0.1) is 25.3 Å². The van der Waals surface area contributed by atoms with Crippen molar-refractivity contribution >= 4 is 29.9 Å². The summed E-state index contributed by atoms with van der Waals surface area (Å²) < 4.78 is 17.1. The third kappa shape index (κ3) is 14.1. The molecular weight excluding hydrogens is 843 g/mol. The fraction of sp³-hybridized carbons (Fsp3) is 0.787. The third-order valence-electron chi connectivity index (χ3n) is 13.4. The van der Waals surface area contributed by atoms with Crippen molar-refractivity contribution in [2.75, 3.05) is 64.9 Å². The van der Waals surface area contributed by atoms with Gasteiger partial charge >= 0.3 is 12.2 Å². The highest BCUT2D eigenvalue weighted by Crippen LogP contribution is 2.64. The van der Waals surface area contributed by atoms with E-state index in [1.54, 1.807) is 0 Å². The fourth-order valence-electron chi connectivity index (χ4n) is 11.0. The molecule has 64 heavy (non-hydrogen) atoms. The van der Waals surface area contributed by atoms with Crippen LogP contribution < -0.4 is 10.1 Å². The maximum Gasteiger partial charge on any atom is 0.411 e. The molecule has 2 unspecified atom stereocenters. The van der Waals surface area contributed by atoms with Crippen LogP contribution in [0.2, 0.25) is 0 Å². The molecule has 1 saturated heterocycles. The molecule has 1 heterocycles. The van der Waals surface area contributed by atoms with Crippen molar-refractivity contribution < 1.29 is 54.1 Å². The van der Waals surface area contributed by atoms with Gasteiger partial charge in [-0.2, -0.15) is 17.0 Å². The highest BCUT2D eigenvalue weighted by Gasteiger charge is 2.62. The molecule has 1 aliphatic heterocycles. The maximum absolute atomic E-state index is 13.9. The molecule has 7 atom stereocenters. The number of amides is 3. The van der Waals surface area contributed by atoms with Gasteiger partial charge in [0.1, 0.15) is 43.3 Å². The minimum atomic E-state index is -1.66. The van der Waals surface area contributed by atoms with Gasteiger partial charge in [-0.3, -0.25) is 9.69 Å². The van der Waals surface area contributed by atoms with Crippen molar-refractivity contribution in [3.05, 3.63) is 29.8 Å². The summed E-state index contributed by atoms with van der Waals surface area (Å²) in [5, 5.41) is 62.0. The van der Waals surface area contributed by atoms with Gasteiger partial charge in [0.2, 0.25) is 0 Å². The largest absolute Gasteiger partial charge is 0.492 e. The molecule has 0 aromatic heterocycles. The van der Waals surface area contributed by atoms with E-state index in [1.165, 1.54) is 4.90 Å². The van der Waals surface area contributed by atoms with E-state index >= 15 is 0 Å². The number of nitrogens with one attached hydrogen (secondary N) is 1. The summed E-state index contributed by atoms with van der Waals surface area (Å²) in [4.78, 5) is 45.0. The molecule has 0 radical (unpaired) electrons. The number of likely N-dealkylation sites (tertiary alicyclic amines) is 1. The van der Waals surface area contributed by atoms with Crippen LogP contribution in [0.5, 0.6) is 5.75 Å². The van der Waals surface area contributed by atoms with Gasteiger partial charge in [0.25, 0.3) is 5.91 Å². The molecule has 16 nitrogen and oxygen atoms in total. The first-order chi connectivity index (χ1) is 30.5. The van der Waals surface area contributed by atoms with E-state index in [9.17, 15) is 40.1 Å². The molecule has 4 saturated carbocycles. The second-order valence-electron chi connectivity index (χ2n) is 19.6. The quantitative estimate of drug-likeness (QED) is 0.0756. The number of carbonyl (C=O) groups excluding carboxylic acids is 3. The number of ether oxygens (including phenoxy) is 3. The van der Waals surface area contributed by atoms with Crippen LogP contribution in [0, 0.1) is 23.2 Å². The number of benzene rings is 1. The number of carbonyl (C=O) groups is 3. The number of hydrogen-bond donors (Lipinski definition) is 6. The van der Waals surface area contributed by atoms with Crippen LogP contribution in [0.25, 0.3) is 0 Å². The van der Waals surface area contributed by atoms with Crippen molar-refractivity contribution in [3.63, 3.8) is 0 Å². The molecular formula is C47H75N5O11S. The topological polar surface area (TPSA) is 226 Å². The van der Waals surface area contributed by atoms with Crippen LogP contribution in [-0.2, 0) is 20.7 Å². The lowest BCUT2D eigenvalue weighted by Gasteiger charge is -2.66. The van der Waals surface area contributed by atoms with Gasteiger partial charge < -0.3 is 54.9 Å². The Bertz CT molecular complexity index is 1680. The summed E-state index contributed by atoms with van der Waals surface area (Å²) >= 11 is 1.85. The normalized spacial score (nSPS) is 25.6. The molecule has 1 aromatic rings. The third-order valence-corrected chi connectivity index (χ3v) is 14.9. The highest BCUT2D eigenvalue weighted by molar-refractivity contribution is 8.00. The van der Waals surface area contributed by atoms with E-state index in [2.05, 4.69) is 18.3 Å². The Morgan fingerprint density at radius 1 is 0.969 bits per heavy atom. The van der Waals surface area contributed by atoms with Crippen LogP contribution in [0.15, 0.2) is 24.3 Å². The number of nitriles is 1. The maximum atomic E-state index is 13.9. The molecule has 6 rings (SSSR count). The SMILES string of the molecule is CCCCCCN(CCc1ccc(OCCNC(=O)OCCSC23CC4CC(C2)CC(N(C(=O)OCC(=O)N2CCC[C@H]2C#N)C(C)(C)C)(C4)C3)cc1)C[C@H](O)[C@@H](O)[C@H](O)[C@H](O)CO. The highest BCUT2D eigenvalue weighted by atomic mass is 32.2. The number of rotatable bonds is 25. The van der Waals surface area contributed by atoms with Gasteiger partial charge in [-0.1, -0.05) is 38.3 Å². The lowest BCUT2D eigenvalue weighted by atomic mass is 9.51. The van der Waals surface area contributed by atoms with Crippen LogP contribution in [-0.4, -0.2) is 170 Å². The lowest BCUT2D eigenvalue weighted by molar-refractivity contribution is -0.137. The predicted octanol–water partition coefficient (Wildman–Crippen LogP) is 4.23. The van der Waals surface area contributed by atoms with Gasteiger partial charge in [-0.05, 0) is 121 Å². The minimum absolute atomic E-state index is 0.0428. The second-order valence-corrected chi connectivity index (χ2v) is 21.2. The molecule has 5 fully saturated rings. The number of hydrogen-bond acceptors (Lipinski definition) is 14. The summed E-state index contributed by atoms with van der Waals surface area (Å²) in [5.41, 5.74) is 0.124. The number of aliphatic hydroxyl groups excluding tert-OH is 5. The Hall–Kier alpha value is -3.37. The van der Waals surface area contributed by atoms with Crippen LogP contribution in [0.1, 0.15) is 110 Å². The Kier molecular flexibility index (Phi) is 19.3. The molecule has 5 aliphatic rings. The lowest BCUT2D eigenvalue weighted by Crippen LogP contribution is -2.69. The Morgan fingerprint density at radius 3 is 2.33 bits per heavy atom. The molecule has 1 aromatic carbocycles. The average molecular weight is 918 g/mol. The zero-order chi connectivity index (χ0) is 46.5. The first-order valence-electron chi connectivity index (χ1n) is 23.5. The average Bonchev–Trinajstić information content (AvgIpc) is 3.74. The van der Waals surface area contributed by atoms with E-state index in [0.29, 0.717) is 55.8 Å². The Morgan fingerprint density at radius 2 is 1.67 bits per heavy atom. The fourth-order valence-corrected chi connectivity index (χ4v) is 12.7. The van der Waals surface area contributed by atoms with Crippen LogP contribution in [0.4, 0.5) is 9.59 Å². The van der Waals surface area contributed by atoms with Crippen LogP contribution >= 0.6 is 11.8 Å². The van der Waals surface area contributed by atoms with Crippen molar-refractivity contribution in [3.8, 4) is 11.8 Å². The van der Waals surface area contributed by atoms with E-state index in [-0.39, 0.29) is 49.1 Å². The molecule has 0 spiro atoms. The smallest absolute Gasteiger partial charge is 0.411 e. The number of nitrogens with zero attached hydrogens (tertiary/aromatic N) is 4. The van der Waals surface area contributed by atoms with E-state index in [0.717, 1.165) is 76.2 Å². The molecule has 4 aliphatic carbocycles. The summed E-state index contributed by atoms with van der Waals surface area (Å²) in [6.45, 7) is 9.79. The van der Waals surface area contributed by atoms with E-state index in [1.807, 2.05) is 66.6 Å². The monoisotopic (exact) mass is 918 g/mol. The zero-order valence-electron chi connectivity index (χ0n) is 38.5. The van der Waals surface area contributed by atoms with Gasteiger partial charge in [-0.15, -0.1) is 0 Å². The van der Waals surface area contributed by atoms with Gasteiger partial charge in [0.15, 0.2) is 6.61 Å². The van der Waals surface area contributed by atoms with Gasteiger partial charge in [-0.25, -0.2) is 9.59 Å². The van der Waals surface area contributed by atoms with E-state index in [4.69, 9.17) is 19.3 Å². The second kappa shape index (κ2) is 23.9. The summed E-state index contributed by atoms with van der Waals surface area (Å²) in [7, 11) is 0. The molecule has 6 N–H and O–H groups in total. The standard InChI is InChI=1S/C47H75N5O11S/c1-5-6-7-8-17-50(29-38(54)41(57)42(58)39(55)30-53)19-15-33-11-13-37(14-12-33)61-20-16-49-43(59)62-21-22-64-47-26-34-23-35(27-47)25-46(24-34,32-47)52(45(2,3)4)44(60)63-31-40(56)51-18-9-10-36(51)28-48/h11-14,34-36,38-39,41-42,53-55,57-58H,5-10,15-27,29-32H2,1-4H3,(H,49,59)/t34?,35?,36-,38-,39+,41+,42+,46?,47?/m0/s1. The molecule has 17 heteroatoms. The Balaban J connectivity index is 1.02. The minimum Gasteiger partial charge on any atom is -0.492 e. The first-order valence-corrected chi connectivity index (χ1v) is 24.5. The first kappa shape index (κ1) is 51.6. The summed E-state index contributed by atoms with van der Waals surface area (Å²) in [5.74, 6) is 1.92. The van der Waals surface area contributed by atoms with Crippen LogP contribution in [0.3, 0.4) is 0 Å². The van der Waals surface area contributed by atoms with Crippen molar-refractivity contribution in [1.82, 2.24) is 20.0 Å². The van der Waals surface area contributed by atoms with Gasteiger partial charge in [0, 0.05) is 41.2 Å². The number of thioether (sulfide) groups is 1. The van der Waals surface area contributed by atoms with Crippen molar-refractivity contribution in [2.24, 2.45) is 11.8 Å².